The molecule has 0 aliphatic heterocycles. The molecule has 1 aromatic carbocycles. The van der Waals surface area contributed by atoms with E-state index in [1.165, 1.54) is 44.6 Å². The Labute approximate surface area is 130 Å². The summed E-state index contributed by atoms with van der Waals surface area (Å²) in [5.74, 6) is 2.12. The number of hydrogen-bond donors (Lipinski definition) is 1. The average molecular weight is 309 g/mol. The number of hydrogen-bond acceptors (Lipinski definition) is 1. The maximum Gasteiger partial charge on any atom is 0.141 e. The van der Waals surface area contributed by atoms with Crippen molar-refractivity contribution in [2.24, 2.45) is 23.2 Å². The molecule has 1 aromatic rings. The Morgan fingerprint density at radius 1 is 1.14 bits per heavy atom. The summed E-state index contributed by atoms with van der Waals surface area (Å²) in [6.07, 6.45) is 8.01. The molecule has 4 aliphatic carbocycles. The molecule has 0 saturated heterocycles. The maximum absolute atomic E-state index is 13.3. The van der Waals surface area contributed by atoms with Crippen molar-refractivity contribution in [3.8, 4) is 0 Å². The molecule has 1 nitrogen and oxygen atoms in total. The van der Waals surface area contributed by atoms with E-state index >= 15 is 0 Å². The maximum atomic E-state index is 13.3. The average Bonchev–Trinajstić information content (AvgIpc) is 2.41. The predicted molar refractivity (Wildman–Crippen MR) is 81.7 cm³/mol. The van der Waals surface area contributed by atoms with Crippen molar-refractivity contribution in [3.63, 3.8) is 0 Å². The van der Waals surface area contributed by atoms with E-state index in [2.05, 4.69) is 0 Å². The third kappa shape index (κ3) is 2.41. The van der Waals surface area contributed by atoms with Gasteiger partial charge >= 0.3 is 0 Å². The predicted octanol–water partition coefficient (Wildman–Crippen LogP) is 4.60. The molecule has 0 spiro atoms. The minimum atomic E-state index is -0.385. The van der Waals surface area contributed by atoms with Crippen molar-refractivity contribution in [2.45, 2.75) is 51.0 Å². The molecule has 1 N–H and O–H groups in total. The lowest BCUT2D eigenvalue weighted by atomic mass is 9.48. The first-order chi connectivity index (χ1) is 10.0. The summed E-state index contributed by atoms with van der Waals surface area (Å²) in [4.78, 5) is 0. The van der Waals surface area contributed by atoms with E-state index in [1.54, 1.807) is 12.1 Å². The summed E-state index contributed by atoms with van der Waals surface area (Å²) in [7, 11) is 0. The molecule has 4 fully saturated rings. The molecule has 1 unspecified atom stereocenters. The second-order valence-corrected chi connectivity index (χ2v) is 8.16. The van der Waals surface area contributed by atoms with Crippen LogP contribution in [0.15, 0.2) is 18.2 Å². The van der Waals surface area contributed by atoms with Crippen LogP contribution >= 0.6 is 11.6 Å². The quantitative estimate of drug-likeness (QED) is 0.865. The number of benzene rings is 1. The summed E-state index contributed by atoms with van der Waals surface area (Å²) in [5.41, 5.74) is 1.07. The number of rotatable bonds is 3. The van der Waals surface area contributed by atoms with Crippen molar-refractivity contribution in [3.05, 3.63) is 34.6 Å². The van der Waals surface area contributed by atoms with Gasteiger partial charge in [-0.05, 0) is 85.8 Å². The van der Waals surface area contributed by atoms with Crippen molar-refractivity contribution in [2.75, 3.05) is 0 Å². The molecule has 4 bridgehead atoms. The summed E-state index contributed by atoms with van der Waals surface area (Å²) in [6.45, 7) is 0. The van der Waals surface area contributed by atoms with Gasteiger partial charge in [0.15, 0.2) is 0 Å². The Morgan fingerprint density at radius 2 is 1.71 bits per heavy atom. The molecular formula is C18H22ClFO. The molecule has 0 amide bonds. The fraction of sp³-hybridized carbons (Fsp3) is 0.667. The van der Waals surface area contributed by atoms with E-state index in [0.29, 0.717) is 6.42 Å². The van der Waals surface area contributed by atoms with Crippen LogP contribution < -0.4 is 0 Å². The van der Waals surface area contributed by atoms with Gasteiger partial charge in [0, 0.05) is 0 Å². The molecule has 4 saturated carbocycles. The molecule has 4 aliphatic rings. The first-order valence-corrected chi connectivity index (χ1v) is 8.54. The van der Waals surface area contributed by atoms with Crippen LogP contribution in [0.2, 0.25) is 5.02 Å². The Hall–Kier alpha value is -0.600. The third-order valence-corrected chi connectivity index (χ3v) is 6.50. The second-order valence-electron chi connectivity index (χ2n) is 7.75. The van der Waals surface area contributed by atoms with Crippen molar-refractivity contribution < 1.29 is 9.50 Å². The van der Waals surface area contributed by atoms with E-state index < -0.39 is 0 Å². The molecule has 0 radical (unpaired) electrons. The van der Waals surface area contributed by atoms with Gasteiger partial charge in [-0.1, -0.05) is 17.7 Å². The first-order valence-electron chi connectivity index (χ1n) is 8.16. The molecule has 1 atom stereocenters. The normalized spacial score (nSPS) is 38.7. The fourth-order valence-electron chi connectivity index (χ4n) is 5.69. The van der Waals surface area contributed by atoms with Gasteiger partial charge in [0.1, 0.15) is 5.82 Å². The van der Waals surface area contributed by atoms with Gasteiger partial charge < -0.3 is 5.11 Å². The SMILES string of the molecule is OC(Cc1ccc(F)c(Cl)c1)C12CC3CC(CC(C3)C1)C2. The summed E-state index contributed by atoms with van der Waals surface area (Å²) in [6, 6.07) is 4.83. The summed E-state index contributed by atoms with van der Waals surface area (Å²) >= 11 is 5.86. The van der Waals surface area contributed by atoms with Crippen molar-refractivity contribution in [1.82, 2.24) is 0 Å². The van der Waals surface area contributed by atoms with Gasteiger partial charge in [-0.2, -0.15) is 0 Å². The zero-order valence-corrected chi connectivity index (χ0v) is 13.0. The Bertz CT molecular complexity index is 521. The van der Waals surface area contributed by atoms with Gasteiger partial charge in [-0.3, -0.25) is 0 Å². The minimum Gasteiger partial charge on any atom is -0.392 e. The van der Waals surface area contributed by atoms with Gasteiger partial charge in [-0.15, -0.1) is 0 Å². The molecule has 5 rings (SSSR count). The van der Waals surface area contributed by atoms with E-state index in [1.807, 2.05) is 0 Å². The standard InChI is InChI=1S/C18H22ClFO/c19-15-6-11(1-2-16(15)20)7-17(21)18-8-12-3-13(9-18)5-14(4-12)10-18/h1-2,6,12-14,17,21H,3-5,7-10H2. The van der Waals surface area contributed by atoms with Crippen LogP contribution in [-0.4, -0.2) is 11.2 Å². The lowest BCUT2D eigenvalue weighted by Gasteiger charge is -2.58. The number of aliphatic hydroxyl groups excluding tert-OH is 1. The first kappa shape index (κ1) is 14.0. The Morgan fingerprint density at radius 3 is 2.24 bits per heavy atom. The minimum absolute atomic E-state index is 0.121. The lowest BCUT2D eigenvalue weighted by molar-refractivity contribution is -0.119. The molecule has 0 heterocycles. The largest absolute Gasteiger partial charge is 0.392 e. The van der Waals surface area contributed by atoms with E-state index in [-0.39, 0.29) is 22.4 Å². The molecular weight excluding hydrogens is 287 g/mol. The van der Waals surface area contributed by atoms with Gasteiger partial charge in [0.05, 0.1) is 11.1 Å². The van der Waals surface area contributed by atoms with Gasteiger partial charge in [-0.25, -0.2) is 4.39 Å². The third-order valence-electron chi connectivity index (χ3n) is 6.21. The highest BCUT2D eigenvalue weighted by Crippen LogP contribution is 2.61. The fourth-order valence-corrected chi connectivity index (χ4v) is 5.90. The van der Waals surface area contributed by atoms with E-state index in [9.17, 15) is 9.50 Å². The summed E-state index contributed by atoms with van der Waals surface area (Å²) in [5, 5.41) is 11.0. The Kier molecular flexibility index (Phi) is 3.31. The highest BCUT2D eigenvalue weighted by Gasteiger charge is 2.53. The van der Waals surface area contributed by atoms with Crippen LogP contribution in [0.25, 0.3) is 0 Å². The van der Waals surface area contributed by atoms with Crippen molar-refractivity contribution in [1.29, 1.82) is 0 Å². The van der Waals surface area contributed by atoms with Crippen LogP contribution in [0.4, 0.5) is 4.39 Å². The summed E-state index contributed by atoms with van der Waals surface area (Å²) < 4.78 is 13.3. The molecule has 3 heteroatoms. The topological polar surface area (TPSA) is 20.2 Å². The second kappa shape index (κ2) is 4.96. The monoisotopic (exact) mass is 308 g/mol. The van der Waals surface area contributed by atoms with E-state index in [4.69, 9.17) is 11.6 Å². The Balaban J connectivity index is 1.54. The van der Waals surface area contributed by atoms with Crippen LogP contribution in [0.1, 0.15) is 44.1 Å². The smallest absolute Gasteiger partial charge is 0.141 e. The number of aliphatic hydroxyl groups is 1. The molecule has 0 aromatic heterocycles. The lowest BCUT2D eigenvalue weighted by Crippen LogP contribution is -2.52. The number of halogens is 2. The molecule has 21 heavy (non-hydrogen) atoms. The van der Waals surface area contributed by atoms with Gasteiger partial charge in [0.2, 0.25) is 0 Å². The highest BCUT2D eigenvalue weighted by molar-refractivity contribution is 6.30. The zero-order chi connectivity index (χ0) is 14.6. The van der Waals surface area contributed by atoms with Crippen molar-refractivity contribution >= 4 is 11.6 Å². The van der Waals surface area contributed by atoms with E-state index in [0.717, 1.165) is 23.3 Å². The van der Waals surface area contributed by atoms with Crippen LogP contribution in [-0.2, 0) is 6.42 Å². The van der Waals surface area contributed by atoms with Crippen LogP contribution in [0, 0.1) is 29.0 Å². The highest BCUT2D eigenvalue weighted by atomic mass is 35.5. The van der Waals surface area contributed by atoms with Gasteiger partial charge in [0.25, 0.3) is 0 Å². The van der Waals surface area contributed by atoms with Crippen LogP contribution in [0.3, 0.4) is 0 Å². The zero-order valence-electron chi connectivity index (χ0n) is 12.2. The van der Waals surface area contributed by atoms with Crippen LogP contribution in [0.5, 0.6) is 0 Å². The molecule has 114 valence electrons.